The van der Waals surface area contributed by atoms with Crippen LogP contribution in [0.2, 0.25) is 0 Å². The van der Waals surface area contributed by atoms with Gasteiger partial charge in [0.25, 0.3) is 10.2 Å². The molecule has 33 heavy (non-hydrogen) atoms. The average molecular weight is 500 g/mol. The van der Waals surface area contributed by atoms with E-state index < -0.39 is 26.3 Å². The highest BCUT2D eigenvalue weighted by Gasteiger charge is 2.42. The Bertz CT molecular complexity index is 1060. The zero-order valence-corrected chi connectivity index (χ0v) is 20.9. The molecule has 12 heteroatoms. The predicted molar refractivity (Wildman–Crippen MR) is 124 cm³/mol. The van der Waals surface area contributed by atoms with Crippen LogP contribution in [0, 0.1) is 6.92 Å². The molecule has 3 aliphatic rings. The molecule has 3 aliphatic heterocycles. The van der Waals surface area contributed by atoms with Crippen LogP contribution in [0.25, 0.3) is 0 Å². The van der Waals surface area contributed by atoms with Crippen molar-refractivity contribution >= 4 is 26.1 Å². The van der Waals surface area contributed by atoms with Crippen LogP contribution in [0.15, 0.2) is 29.2 Å². The SMILES string of the molecule is Cc1ccc(S(=O)(=O)N2CCC[C@H]2C(=O)N2CCN(S(=O)(=O)N3CCN(C)CC3)CC2)cc1. The van der Waals surface area contributed by atoms with E-state index in [1.807, 2.05) is 14.0 Å². The van der Waals surface area contributed by atoms with Crippen LogP contribution in [-0.4, -0.2) is 117 Å². The lowest BCUT2D eigenvalue weighted by atomic mass is 10.2. The average Bonchev–Trinajstić information content (AvgIpc) is 3.30. The Balaban J connectivity index is 1.40. The monoisotopic (exact) mass is 499 g/mol. The van der Waals surface area contributed by atoms with Crippen molar-refractivity contribution in [2.45, 2.75) is 30.7 Å². The number of nitrogens with zero attached hydrogens (tertiary/aromatic N) is 5. The Kier molecular flexibility index (Phi) is 7.13. The summed E-state index contributed by atoms with van der Waals surface area (Å²) in [5, 5.41) is 0. The lowest BCUT2D eigenvalue weighted by Gasteiger charge is -2.40. The van der Waals surface area contributed by atoms with Crippen LogP contribution in [0.3, 0.4) is 0 Å². The van der Waals surface area contributed by atoms with Crippen LogP contribution in [0.5, 0.6) is 0 Å². The lowest BCUT2D eigenvalue weighted by Crippen LogP contribution is -2.58. The number of benzene rings is 1. The summed E-state index contributed by atoms with van der Waals surface area (Å²) in [4.78, 5) is 17.2. The second-order valence-electron chi connectivity index (χ2n) is 9.02. The summed E-state index contributed by atoms with van der Waals surface area (Å²) in [6.07, 6.45) is 1.10. The van der Waals surface area contributed by atoms with Gasteiger partial charge >= 0.3 is 0 Å². The predicted octanol–water partition coefficient (Wildman–Crippen LogP) is -0.215. The van der Waals surface area contributed by atoms with Crippen molar-refractivity contribution in [1.82, 2.24) is 22.7 Å². The largest absolute Gasteiger partial charge is 0.339 e. The summed E-state index contributed by atoms with van der Waals surface area (Å²) < 4.78 is 56.6. The quantitative estimate of drug-likeness (QED) is 0.556. The lowest BCUT2D eigenvalue weighted by molar-refractivity contribution is -0.135. The first-order valence-corrected chi connectivity index (χ1v) is 14.3. The fourth-order valence-electron chi connectivity index (χ4n) is 4.65. The number of sulfonamides is 1. The van der Waals surface area contributed by atoms with Gasteiger partial charge < -0.3 is 9.80 Å². The molecule has 0 radical (unpaired) electrons. The van der Waals surface area contributed by atoms with E-state index in [-0.39, 0.29) is 37.0 Å². The number of carbonyl (C=O) groups is 1. The zero-order chi connectivity index (χ0) is 23.8. The van der Waals surface area contributed by atoms with E-state index in [9.17, 15) is 21.6 Å². The van der Waals surface area contributed by atoms with E-state index in [2.05, 4.69) is 4.90 Å². The molecule has 4 rings (SSSR count). The molecule has 0 aromatic heterocycles. The summed E-state index contributed by atoms with van der Waals surface area (Å²) in [6, 6.07) is 5.91. The van der Waals surface area contributed by atoms with Gasteiger partial charge in [-0.25, -0.2) is 8.42 Å². The Morgan fingerprint density at radius 1 is 0.818 bits per heavy atom. The molecule has 1 atom stereocenters. The molecule has 10 nitrogen and oxygen atoms in total. The molecule has 0 spiro atoms. The molecule has 0 aliphatic carbocycles. The van der Waals surface area contributed by atoms with E-state index in [4.69, 9.17) is 0 Å². The minimum absolute atomic E-state index is 0.191. The number of hydrogen-bond donors (Lipinski definition) is 0. The van der Waals surface area contributed by atoms with Crippen molar-refractivity contribution in [3.05, 3.63) is 29.8 Å². The molecule has 0 unspecified atom stereocenters. The van der Waals surface area contributed by atoms with Gasteiger partial charge in [-0.1, -0.05) is 17.7 Å². The normalized spacial score (nSPS) is 24.9. The molecule has 3 saturated heterocycles. The first-order valence-electron chi connectivity index (χ1n) is 11.4. The number of aryl methyl sites for hydroxylation is 1. The molecule has 3 heterocycles. The number of carbonyl (C=O) groups excluding carboxylic acids is 1. The topological polar surface area (TPSA) is 102 Å². The minimum atomic E-state index is -3.77. The molecule has 184 valence electrons. The highest BCUT2D eigenvalue weighted by molar-refractivity contribution is 7.89. The van der Waals surface area contributed by atoms with Gasteiger partial charge in [0.15, 0.2) is 0 Å². The first kappa shape index (κ1) is 24.6. The van der Waals surface area contributed by atoms with Gasteiger partial charge in [-0.05, 0) is 38.9 Å². The van der Waals surface area contributed by atoms with Gasteiger partial charge in [0.1, 0.15) is 6.04 Å². The summed E-state index contributed by atoms with van der Waals surface area (Å²) >= 11 is 0. The molecule has 0 bridgehead atoms. The molecular weight excluding hydrogens is 466 g/mol. The van der Waals surface area contributed by atoms with Crippen LogP contribution < -0.4 is 0 Å². The van der Waals surface area contributed by atoms with Gasteiger partial charge in [-0.15, -0.1) is 0 Å². The van der Waals surface area contributed by atoms with Gasteiger partial charge in [0.2, 0.25) is 15.9 Å². The Hall–Kier alpha value is -1.57. The fourth-order valence-corrected chi connectivity index (χ4v) is 7.88. The maximum Gasteiger partial charge on any atom is 0.282 e. The summed E-state index contributed by atoms with van der Waals surface area (Å²) in [7, 11) is -5.36. The van der Waals surface area contributed by atoms with E-state index in [0.29, 0.717) is 45.6 Å². The summed E-state index contributed by atoms with van der Waals surface area (Å²) in [5.74, 6) is -0.236. The van der Waals surface area contributed by atoms with Crippen molar-refractivity contribution in [2.75, 3.05) is 66.0 Å². The van der Waals surface area contributed by atoms with Gasteiger partial charge in [0.05, 0.1) is 4.90 Å². The second kappa shape index (κ2) is 9.59. The van der Waals surface area contributed by atoms with Gasteiger partial charge in [-0.3, -0.25) is 4.79 Å². The minimum Gasteiger partial charge on any atom is -0.339 e. The molecular formula is C21H33N5O5S2. The highest BCUT2D eigenvalue weighted by Crippen LogP contribution is 2.28. The third kappa shape index (κ3) is 4.96. The molecule has 3 fully saturated rings. The van der Waals surface area contributed by atoms with E-state index >= 15 is 0 Å². The summed E-state index contributed by atoms with van der Waals surface area (Å²) in [5.41, 5.74) is 0.965. The zero-order valence-electron chi connectivity index (χ0n) is 19.3. The molecule has 1 aromatic carbocycles. The molecule has 0 N–H and O–H groups in total. The van der Waals surface area contributed by atoms with Crippen molar-refractivity contribution < 1.29 is 21.6 Å². The van der Waals surface area contributed by atoms with Crippen LogP contribution in [0.4, 0.5) is 0 Å². The third-order valence-corrected chi connectivity index (χ3v) is 10.7. The summed E-state index contributed by atoms with van der Waals surface area (Å²) in [6.45, 7) is 5.50. The smallest absolute Gasteiger partial charge is 0.282 e. The van der Waals surface area contributed by atoms with Gasteiger partial charge in [-0.2, -0.15) is 21.3 Å². The van der Waals surface area contributed by atoms with Crippen LogP contribution in [0.1, 0.15) is 18.4 Å². The first-order chi connectivity index (χ1) is 15.6. The maximum absolute atomic E-state index is 13.3. The van der Waals surface area contributed by atoms with Crippen molar-refractivity contribution in [2.24, 2.45) is 0 Å². The third-order valence-electron chi connectivity index (χ3n) is 6.78. The fraction of sp³-hybridized carbons (Fsp3) is 0.667. The highest BCUT2D eigenvalue weighted by atomic mass is 32.2. The molecule has 1 amide bonds. The maximum atomic E-state index is 13.3. The van der Waals surface area contributed by atoms with Crippen molar-refractivity contribution in [3.63, 3.8) is 0 Å². The Morgan fingerprint density at radius 3 is 1.94 bits per heavy atom. The van der Waals surface area contributed by atoms with E-state index in [1.165, 1.54) is 12.9 Å². The Morgan fingerprint density at radius 2 is 1.36 bits per heavy atom. The second-order valence-corrected chi connectivity index (χ2v) is 12.8. The standard InChI is InChI=1S/C21H33N5O5S2/c1-18-5-7-19(8-6-18)32(28,29)26-9-3-4-20(26)21(27)23-12-16-25(17-13-23)33(30,31)24-14-10-22(2)11-15-24/h5-8,20H,3-4,9-17H2,1-2H3/t20-/m0/s1. The number of amides is 1. The van der Waals surface area contributed by atoms with Crippen molar-refractivity contribution in [3.8, 4) is 0 Å². The molecule has 1 aromatic rings. The number of hydrogen-bond acceptors (Lipinski definition) is 6. The van der Waals surface area contributed by atoms with Crippen LogP contribution >= 0.6 is 0 Å². The van der Waals surface area contributed by atoms with E-state index in [1.54, 1.807) is 29.2 Å². The number of likely N-dealkylation sites (N-methyl/N-ethyl adjacent to an activating group) is 1. The van der Waals surface area contributed by atoms with Crippen LogP contribution in [-0.2, 0) is 25.0 Å². The Labute approximate surface area is 197 Å². The van der Waals surface area contributed by atoms with Crippen molar-refractivity contribution in [1.29, 1.82) is 0 Å². The number of rotatable bonds is 5. The van der Waals surface area contributed by atoms with Gasteiger partial charge in [0, 0.05) is 58.9 Å². The number of piperazine rings is 2. The molecule has 0 saturated carbocycles. The van der Waals surface area contributed by atoms with E-state index in [0.717, 1.165) is 5.56 Å².